The second-order valence-corrected chi connectivity index (χ2v) is 6.59. The molecule has 2 rings (SSSR count). The van der Waals surface area contributed by atoms with Crippen molar-refractivity contribution >= 4 is 39.3 Å². The molecule has 0 bridgehead atoms. The van der Waals surface area contributed by atoms with Crippen LogP contribution in [-0.4, -0.2) is 17.3 Å². The summed E-state index contributed by atoms with van der Waals surface area (Å²) in [5.41, 5.74) is 0.286. The third-order valence-corrected chi connectivity index (χ3v) is 4.55. The summed E-state index contributed by atoms with van der Waals surface area (Å²) in [5, 5.41) is 12.8. The number of nitrogens with one attached hydrogen (secondary N) is 1. The summed E-state index contributed by atoms with van der Waals surface area (Å²) in [7, 11) is 0. The first-order chi connectivity index (χ1) is 9.95. The van der Waals surface area contributed by atoms with Crippen molar-refractivity contribution in [2.24, 2.45) is 0 Å². The van der Waals surface area contributed by atoms with E-state index < -0.39 is 11.5 Å². The highest BCUT2D eigenvalue weighted by atomic mass is 79.9. The van der Waals surface area contributed by atoms with E-state index in [2.05, 4.69) is 21.2 Å². The van der Waals surface area contributed by atoms with Gasteiger partial charge in [-0.3, -0.25) is 0 Å². The maximum absolute atomic E-state index is 11.8. The fourth-order valence-corrected chi connectivity index (χ4v) is 2.84. The highest BCUT2D eigenvalue weighted by molar-refractivity contribution is 9.10. The van der Waals surface area contributed by atoms with Gasteiger partial charge >= 0.3 is 5.97 Å². The van der Waals surface area contributed by atoms with Crippen molar-refractivity contribution in [3.05, 3.63) is 58.6 Å². The molecule has 0 aromatic heterocycles. The van der Waals surface area contributed by atoms with Crippen LogP contribution in [0.5, 0.6) is 0 Å². The molecule has 0 aliphatic rings. The lowest BCUT2D eigenvalue weighted by atomic mass is 9.91. The molecule has 0 saturated heterocycles. The molecule has 0 spiro atoms. The molecule has 2 aromatic rings. The van der Waals surface area contributed by atoms with E-state index in [1.807, 2.05) is 54.8 Å². The Morgan fingerprint density at radius 1 is 1.24 bits per heavy atom. The summed E-state index contributed by atoms with van der Waals surface area (Å²) < 4.78 is 0.901. The summed E-state index contributed by atoms with van der Waals surface area (Å²) in [6, 6.07) is 15.0. The molecule has 0 fully saturated rings. The van der Waals surface area contributed by atoms with Crippen molar-refractivity contribution in [2.75, 3.05) is 11.6 Å². The van der Waals surface area contributed by atoms with Crippen LogP contribution in [0.25, 0.3) is 0 Å². The zero-order valence-electron chi connectivity index (χ0n) is 11.8. The van der Waals surface area contributed by atoms with Crippen molar-refractivity contribution in [1.29, 1.82) is 0 Å². The Morgan fingerprint density at radius 3 is 2.43 bits per heavy atom. The molecule has 1 unspecified atom stereocenters. The largest absolute Gasteiger partial charge is 0.479 e. The topological polar surface area (TPSA) is 49.3 Å². The Balaban J connectivity index is 2.37. The summed E-state index contributed by atoms with van der Waals surface area (Å²) >= 11 is 5.02. The molecule has 2 N–H and O–H groups in total. The number of carbonyl (C=O) groups is 1. The first kappa shape index (κ1) is 15.9. The smallest absolute Gasteiger partial charge is 0.333 e. The van der Waals surface area contributed by atoms with Crippen LogP contribution in [0.1, 0.15) is 12.5 Å². The second-order valence-electron chi connectivity index (χ2n) is 4.79. The van der Waals surface area contributed by atoms with Crippen molar-refractivity contribution in [3.8, 4) is 0 Å². The van der Waals surface area contributed by atoms with E-state index in [-0.39, 0.29) is 0 Å². The van der Waals surface area contributed by atoms with Crippen LogP contribution in [0.2, 0.25) is 0 Å². The van der Waals surface area contributed by atoms with Gasteiger partial charge in [-0.2, -0.15) is 0 Å². The average Bonchev–Trinajstić information content (AvgIpc) is 2.47. The third kappa shape index (κ3) is 3.60. The predicted molar refractivity (Wildman–Crippen MR) is 91.0 cm³/mol. The van der Waals surface area contributed by atoms with Crippen LogP contribution in [0.15, 0.2) is 57.9 Å². The molecule has 0 heterocycles. The molecule has 0 amide bonds. The number of halogens is 1. The molecular formula is C16H16BrNO2S. The molecule has 0 aliphatic heterocycles. The SMILES string of the molecule is CSc1ccc(C(C)(Nc2cccc(Br)c2)C(=O)O)cc1. The summed E-state index contributed by atoms with van der Waals surface area (Å²) in [6.45, 7) is 1.67. The molecule has 0 radical (unpaired) electrons. The minimum absolute atomic E-state index is 0.716. The number of thioether (sulfide) groups is 1. The molecule has 0 aliphatic carbocycles. The number of carboxylic acid groups (broad SMARTS) is 1. The Kier molecular flexibility index (Phi) is 4.96. The second kappa shape index (κ2) is 6.54. The molecule has 5 heteroatoms. The van der Waals surface area contributed by atoms with Crippen LogP contribution in [0.3, 0.4) is 0 Å². The fraction of sp³-hybridized carbons (Fsp3) is 0.188. The van der Waals surface area contributed by atoms with E-state index in [0.29, 0.717) is 5.56 Å². The van der Waals surface area contributed by atoms with E-state index in [1.54, 1.807) is 18.7 Å². The van der Waals surface area contributed by atoms with Gasteiger partial charge in [0.2, 0.25) is 0 Å². The quantitative estimate of drug-likeness (QED) is 0.761. The molecule has 21 heavy (non-hydrogen) atoms. The summed E-state index contributed by atoms with van der Waals surface area (Å²) in [5.74, 6) is -0.917. The molecule has 1 atom stereocenters. The van der Waals surface area contributed by atoms with Gasteiger partial charge in [0.05, 0.1) is 0 Å². The van der Waals surface area contributed by atoms with Gasteiger partial charge in [-0.25, -0.2) is 4.79 Å². The van der Waals surface area contributed by atoms with E-state index in [1.165, 1.54) is 0 Å². The number of hydrogen-bond acceptors (Lipinski definition) is 3. The Morgan fingerprint density at radius 2 is 1.90 bits per heavy atom. The van der Waals surface area contributed by atoms with Crippen LogP contribution in [-0.2, 0) is 10.3 Å². The number of hydrogen-bond donors (Lipinski definition) is 2. The van der Waals surface area contributed by atoms with Gasteiger partial charge in [0, 0.05) is 15.1 Å². The molecule has 110 valence electrons. The van der Waals surface area contributed by atoms with Gasteiger partial charge < -0.3 is 10.4 Å². The Hall–Kier alpha value is -1.46. The molecule has 0 saturated carbocycles. The first-order valence-electron chi connectivity index (χ1n) is 6.37. The van der Waals surface area contributed by atoms with Gasteiger partial charge in [0.15, 0.2) is 5.54 Å². The standard InChI is InChI=1S/C16H16BrNO2S/c1-16(15(19)20,11-6-8-14(21-2)9-7-11)18-13-5-3-4-12(17)10-13/h3-10,18H,1-2H3,(H,19,20). The van der Waals surface area contributed by atoms with E-state index in [9.17, 15) is 9.90 Å². The minimum atomic E-state index is -1.18. The van der Waals surface area contributed by atoms with Gasteiger partial charge in [-0.05, 0) is 49.1 Å². The van der Waals surface area contributed by atoms with Gasteiger partial charge in [-0.1, -0.05) is 34.1 Å². The van der Waals surface area contributed by atoms with Crippen molar-refractivity contribution in [1.82, 2.24) is 0 Å². The van der Waals surface area contributed by atoms with Crippen LogP contribution in [0, 0.1) is 0 Å². The lowest BCUT2D eigenvalue weighted by Gasteiger charge is -2.28. The van der Waals surface area contributed by atoms with Crippen molar-refractivity contribution in [3.63, 3.8) is 0 Å². The lowest BCUT2D eigenvalue weighted by Crippen LogP contribution is -2.40. The van der Waals surface area contributed by atoms with Crippen molar-refractivity contribution in [2.45, 2.75) is 17.4 Å². The number of benzene rings is 2. The van der Waals surface area contributed by atoms with Gasteiger partial charge in [-0.15, -0.1) is 11.8 Å². The number of aliphatic carboxylic acids is 1. The molecular weight excluding hydrogens is 350 g/mol. The number of anilines is 1. The zero-order chi connectivity index (χ0) is 15.5. The predicted octanol–water partition coefficient (Wildman–Crippen LogP) is 4.58. The maximum atomic E-state index is 11.8. The fourth-order valence-electron chi connectivity index (χ4n) is 2.03. The third-order valence-electron chi connectivity index (χ3n) is 3.31. The summed E-state index contributed by atoms with van der Waals surface area (Å²) in [4.78, 5) is 12.9. The zero-order valence-corrected chi connectivity index (χ0v) is 14.2. The Labute approximate surface area is 136 Å². The normalized spacial score (nSPS) is 13.5. The first-order valence-corrected chi connectivity index (χ1v) is 8.39. The monoisotopic (exact) mass is 365 g/mol. The summed E-state index contributed by atoms with van der Waals surface area (Å²) in [6.07, 6.45) is 1.99. The highest BCUT2D eigenvalue weighted by Crippen LogP contribution is 2.29. The van der Waals surface area contributed by atoms with E-state index in [4.69, 9.17) is 0 Å². The lowest BCUT2D eigenvalue weighted by molar-refractivity contribution is -0.142. The minimum Gasteiger partial charge on any atom is -0.479 e. The van der Waals surface area contributed by atoms with Crippen molar-refractivity contribution < 1.29 is 9.90 Å². The molecule has 2 aromatic carbocycles. The number of rotatable bonds is 5. The van der Waals surface area contributed by atoms with E-state index >= 15 is 0 Å². The van der Waals surface area contributed by atoms with Crippen LogP contribution < -0.4 is 5.32 Å². The van der Waals surface area contributed by atoms with Crippen LogP contribution >= 0.6 is 27.7 Å². The van der Waals surface area contributed by atoms with Gasteiger partial charge in [0.1, 0.15) is 0 Å². The van der Waals surface area contributed by atoms with E-state index in [0.717, 1.165) is 15.1 Å². The van der Waals surface area contributed by atoms with Gasteiger partial charge in [0.25, 0.3) is 0 Å². The maximum Gasteiger partial charge on any atom is 0.333 e. The average molecular weight is 366 g/mol. The highest BCUT2D eigenvalue weighted by Gasteiger charge is 2.35. The molecule has 3 nitrogen and oxygen atoms in total. The number of carboxylic acids is 1. The Bertz CT molecular complexity index is 645. The van der Waals surface area contributed by atoms with Crippen LogP contribution in [0.4, 0.5) is 5.69 Å².